The van der Waals surface area contributed by atoms with E-state index in [0.717, 1.165) is 23.4 Å². The van der Waals surface area contributed by atoms with Crippen LogP contribution in [-0.2, 0) is 11.3 Å². The van der Waals surface area contributed by atoms with E-state index < -0.39 is 0 Å². The van der Waals surface area contributed by atoms with Gasteiger partial charge in [0.25, 0.3) is 0 Å². The molecule has 1 N–H and O–H groups in total. The van der Waals surface area contributed by atoms with Crippen LogP contribution in [0.25, 0.3) is 0 Å². The van der Waals surface area contributed by atoms with E-state index in [0.29, 0.717) is 0 Å². The third-order valence-corrected chi connectivity index (χ3v) is 2.55. The van der Waals surface area contributed by atoms with Crippen molar-refractivity contribution < 1.29 is 4.79 Å². The molecule has 0 radical (unpaired) electrons. The highest BCUT2D eigenvalue weighted by atomic mass is 16.1. The number of benzene rings is 1. The van der Waals surface area contributed by atoms with E-state index in [-0.39, 0.29) is 5.91 Å². The van der Waals surface area contributed by atoms with E-state index in [1.165, 1.54) is 0 Å². The fraction of sp³-hybridized carbons (Fsp3) is 0.200. The Kier molecular flexibility index (Phi) is 4.13. The van der Waals surface area contributed by atoms with Gasteiger partial charge < -0.3 is 5.32 Å². The van der Waals surface area contributed by atoms with Gasteiger partial charge in [-0.2, -0.15) is 5.10 Å². The first-order valence-corrected chi connectivity index (χ1v) is 6.16. The van der Waals surface area contributed by atoms with Crippen LogP contribution in [0.1, 0.15) is 19.4 Å². The Hall–Kier alpha value is -2.36. The lowest BCUT2D eigenvalue weighted by atomic mass is 10.2. The normalized spacial score (nSPS) is 10.0. The molecule has 0 aliphatic carbocycles. The summed E-state index contributed by atoms with van der Waals surface area (Å²) in [6.45, 7) is 4.52. The first-order valence-electron chi connectivity index (χ1n) is 6.16. The number of rotatable bonds is 4. The van der Waals surface area contributed by atoms with E-state index in [4.69, 9.17) is 0 Å². The van der Waals surface area contributed by atoms with Gasteiger partial charge in [-0.3, -0.25) is 9.48 Å². The van der Waals surface area contributed by atoms with Crippen molar-refractivity contribution in [2.45, 2.75) is 20.4 Å². The number of hydrogen-bond acceptors (Lipinski definition) is 2. The molecule has 1 aromatic carbocycles. The molecule has 1 aromatic heterocycles. The van der Waals surface area contributed by atoms with Crippen LogP contribution in [0.2, 0.25) is 0 Å². The number of nitrogens with one attached hydrogen (secondary N) is 1. The predicted octanol–water partition coefficient (Wildman–Crippen LogP) is 2.84. The van der Waals surface area contributed by atoms with Crippen LogP contribution in [0.3, 0.4) is 0 Å². The van der Waals surface area contributed by atoms with Crippen LogP contribution in [0.4, 0.5) is 5.69 Å². The highest BCUT2D eigenvalue weighted by Crippen LogP contribution is 2.10. The molecule has 0 fully saturated rings. The van der Waals surface area contributed by atoms with Crippen LogP contribution in [0, 0.1) is 0 Å². The zero-order valence-corrected chi connectivity index (χ0v) is 11.1. The molecule has 0 bridgehead atoms. The number of anilines is 1. The molecule has 0 saturated heterocycles. The fourth-order valence-electron chi connectivity index (χ4n) is 1.72. The Balaban J connectivity index is 1.98. The molecule has 0 saturated carbocycles. The molecule has 1 amide bonds. The van der Waals surface area contributed by atoms with Crippen molar-refractivity contribution >= 4 is 11.6 Å². The van der Waals surface area contributed by atoms with Crippen LogP contribution in [0.5, 0.6) is 0 Å². The molecule has 4 nitrogen and oxygen atoms in total. The quantitative estimate of drug-likeness (QED) is 0.854. The molecule has 4 heteroatoms. The van der Waals surface area contributed by atoms with E-state index in [2.05, 4.69) is 10.4 Å². The third-order valence-electron chi connectivity index (χ3n) is 2.55. The summed E-state index contributed by atoms with van der Waals surface area (Å²) >= 11 is 0. The van der Waals surface area contributed by atoms with Gasteiger partial charge >= 0.3 is 0 Å². The highest BCUT2D eigenvalue weighted by Gasteiger charge is 1.99. The maximum atomic E-state index is 11.6. The second-order valence-electron chi connectivity index (χ2n) is 4.61. The SMILES string of the molecule is CC(C)=CC(=O)Nc1ccc(Cn2cccn2)cc1. The minimum Gasteiger partial charge on any atom is -0.323 e. The van der Waals surface area contributed by atoms with Crippen molar-refractivity contribution in [1.29, 1.82) is 0 Å². The van der Waals surface area contributed by atoms with Crippen LogP contribution in [0.15, 0.2) is 54.4 Å². The zero-order valence-electron chi connectivity index (χ0n) is 11.1. The lowest BCUT2D eigenvalue weighted by Crippen LogP contribution is -2.08. The highest BCUT2D eigenvalue weighted by molar-refractivity contribution is 5.99. The number of allylic oxidation sites excluding steroid dienone is 1. The summed E-state index contributed by atoms with van der Waals surface area (Å²) < 4.78 is 1.86. The second-order valence-corrected chi connectivity index (χ2v) is 4.61. The number of amides is 1. The molecular formula is C15H17N3O. The Bertz CT molecular complexity index is 564. The molecule has 1 heterocycles. The lowest BCUT2D eigenvalue weighted by Gasteiger charge is -2.05. The Labute approximate surface area is 112 Å². The maximum Gasteiger partial charge on any atom is 0.248 e. The monoisotopic (exact) mass is 255 g/mol. The number of nitrogens with zero attached hydrogens (tertiary/aromatic N) is 2. The summed E-state index contributed by atoms with van der Waals surface area (Å²) in [6, 6.07) is 9.67. The summed E-state index contributed by atoms with van der Waals surface area (Å²) in [7, 11) is 0. The van der Waals surface area contributed by atoms with Gasteiger partial charge in [0.05, 0.1) is 6.54 Å². The van der Waals surface area contributed by atoms with E-state index in [1.807, 2.05) is 55.1 Å². The van der Waals surface area contributed by atoms with Gasteiger partial charge in [-0.15, -0.1) is 0 Å². The average Bonchev–Trinajstić information content (AvgIpc) is 2.83. The number of carbonyl (C=O) groups is 1. The van der Waals surface area contributed by atoms with Crippen LogP contribution in [-0.4, -0.2) is 15.7 Å². The van der Waals surface area contributed by atoms with Gasteiger partial charge in [0, 0.05) is 24.2 Å². The Morgan fingerprint density at radius 2 is 2.05 bits per heavy atom. The summed E-state index contributed by atoms with van der Waals surface area (Å²) in [6.07, 6.45) is 5.26. The largest absolute Gasteiger partial charge is 0.323 e. The average molecular weight is 255 g/mol. The van der Waals surface area contributed by atoms with Crippen molar-refractivity contribution in [3.63, 3.8) is 0 Å². The van der Waals surface area contributed by atoms with Crippen molar-refractivity contribution in [3.8, 4) is 0 Å². The van der Waals surface area contributed by atoms with Gasteiger partial charge in [0.2, 0.25) is 5.91 Å². The van der Waals surface area contributed by atoms with Crippen LogP contribution < -0.4 is 5.32 Å². The van der Waals surface area contributed by atoms with E-state index >= 15 is 0 Å². The van der Waals surface area contributed by atoms with E-state index in [9.17, 15) is 4.79 Å². The molecule has 98 valence electrons. The molecule has 0 aliphatic heterocycles. The summed E-state index contributed by atoms with van der Waals surface area (Å²) in [5.74, 6) is -0.0974. The van der Waals surface area contributed by atoms with E-state index in [1.54, 1.807) is 12.3 Å². The van der Waals surface area contributed by atoms with Gasteiger partial charge in [0.1, 0.15) is 0 Å². The number of aromatic nitrogens is 2. The number of hydrogen-bond donors (Lipinski definition) is 1. The van der Waals surface area contributed by atoms with Crippen molar-refractivity contribution in [1.82, 2.24) is 9.78 Å². The summed E-state index contributed by atoms with van der Waals surface area (Å²) in [5.41, 5.74) is 2.92. The fourth-order valence-corrected chi connectivity index (χ4v) is 1.72. The van der Waals surface area contributed by atoms with Gasteiger partial charge in [-0.05, 0) is 37.6 Å². The second kappa shape index (κ2) is 6.00. The Morgan fingerprint density at radius 3 is 2.63 bits per heavy atom. The maximum absolute atomic E-state index is 11.6. The zero-order chi connectivity index (χ0) is 13.7. The number of carbonyl (C=O) groups excluding carboxylic acids is 1. The van der Waals surface area contributed by atoms with Gasteiger partial charge in [-0.25, -0.2) is 0 Å². The molecule has 19 heavy (non-hydrogen) atoms. The minimum atomic E-state index is -0.0974. The van der Waals surface area contributed by atoms with Crippen LogP contribution >= 0.6 is 0 Å². The molecule has 0 spiro atoms. The smallest absolute Gasteiger partial charge is 0.248 e. The first kappa shape index (κ1) is 13.1. The third kappa shape index (κ3) is 4.10. The predicted molar refractivity (Wildman–Crippen MR) is 75.8 cm³/mol. The minimum absolute atomic E-state index is 0.0974. The molecular weight excluding hydrogens is 238 g/mol. The van der Waals surface area contributed by atoms with Crippen molar-refractivity contribution in [2.24, 2.45) is 0 Å². The molecule has 2 rings (SSSR count). The van der Waals surface area contributed by atoms with Gasteiger partial charge in [0.15, 0.2) is 0 Å². The summed E-state index contributed by atoms with van der Waals surface area (Å²) in [5, 5.41) is 6.98. The first-order chi connectivity index (χ1) is 9.13. The Morgan fingerprint density at radius 1 is 1.32 bits per heavy atom. The molecule has 0 unspecified atom stereocenters. The molecule has 2 aromatic rings. The lowest BCUT2D eigenvalue weighted by molar-refractivity contribution is -0.111. The molecule has 0 aliphatic rings. The van der Waals surface area contributed by atoms with Gasteiger partial charge in [-0.1, -0.05) is 17.7 Å². The topological polar surface area (TPSA) is 46.9 Å². The molecule has 0 atom stereocenters. The van der Waals surface area contributed by atoms with Crippen molar-refractivity contribution in [3.05, 3.63) is 59.9 Å². The standard InChI is InChI=1S/C15H17N3O/c1-12(2)10-15(19)17-14-6-4-13(5-7-14)11-18-9-3-8-16-18/h3-10H,11H2,1-2H3,(H,17,19). The van der Waals surface area contributed by atoms with Crippen molar-refractivity contribution in [2.75, 3.05) is 5.32 Å². The summed E-state index contributed by atoms with van der Waals surface area (Å²) in [4.78, 5) is 11.6.